The van der Waals surface area contributed by atoms with E-state index in [9.17, 15) is 14.7 Å². The van der Waals surface area contributed by atoms with E-state index in [1.54, 1.807) is 6.92 Å². The lowest BCUT2D eigenvalue weighted by Crippen LogP contribution is -2.41. The second-order valence-electron chi connectivity index (χ2n) is 5.78. The van der Waals surface area contributed by atoms with Gasteiger partial charge in [-0.3, -0.25) is 19.4 Å². The first-order chi connectivity index (χ1) is 9.97. The van der Waals surface area contributed by atoms with E-state index in [4.69, 9.17) is 0 Å². The van der Waals surface area contributed by atoms with E-state index in [0.717, 1.165) is 12.1 Å². The van der Waals surface area contributed by atoms with Gasteiger partial charge in [-0.05, 0) is 12.6 Å². The molecule has 21 heavy (non-hydrogen) atoms. The number of likely N-dealkylation sites (tertiary alicyclic amines) is 1. The standard InChI is InChI=1S/C16H22N2O3/c1-12-8-15(20)18(16(12)21)11-14(19)10-17(2)9-13-6-4-3-5-7-13/h3-7,12,14,19H,8-11H2,1-2H3/t12-,14-/m1/s1. The number of imide groups is 1. The molecule has 2 atom stereocenters. The Morgan fingerprint density at radius 2 is 2.00 bits per heavy atom. The zero-order valence-corrected chi connectivity index (χ0v) is 12.5. The van der Waals surface area contributed by atoms with Crippen molar-refractivity contribution in [2.75, 3.05) is 20.1 Å². The van der Waals surface area contributed by atoms with Crippen LogP contribution < -0.4 is 0 Å². The third-order valence-electron chi connectivity index (χ3n) is 3.68. The number of aliphatic hydroxyl groups is 1. The monoisotopic (exact) mass is 290 g/mol. The second kappa shape index (κ2) is 6.83. The van der Waals surface area contributed by atoms with E-state index >= 15 is 0 Å². The molecule has 1 heterocycles. The highest BCUT2D eigenvalue weighted by atomic mass is 16.3. The Morgan fingerprint density at radius 3 is 2.57 bits per heavy atom. The van der Waals surface area contributed by atoms with Crippen LogP contribution >= 0.6 is 0 Å². The summed E-state index contributed by atoms with van der Waals surface area (Å²) in [7, 11) is 1.91. The number of carbonyl (C=O) groups is 2. The highest BCUT2D eigenvalue weighted by Crippen LogP contribution is 2.19. The lowest BCUT2D eigenvalue weighted by atomic mass is 10.1. The van der Waals surface area contributed by atoms with Gasteiger partial charge in [0, 0.05) is 25.4 Å². The third kappa shape index (κ3) is 4.12. The molecule has 1 saturated heterocycles. The van der Waals surface area contributed by atoms with Crippen molar-refractivity contribution in [2.45, 2.75) is 26.0 Å². The minimum absolute atomic E-state index is 0.0845. The molecule has 1 aliphatic rings. The summed E-state index contributed by atoms with van der Waals surface area (Å²) in [5.74, 6) is -0.617. The summed E-state index contributed by atoms with van der Waals surface area (Å²) in [5, 5.41) is 10.1. The van der Waals surface area contributed by atoms with Gasteiger partial charge in [-0.1, -0.05) is 37.3 Å². The molecule has 0 spiro atoms. The topological polar surface area (TPSA) is 60.9 Å². The number of rotatable bonds is 6. The van der Waals surface area contributed by atoms with Gasteiger partial charge in [-0.2, -0.15) is 0 Å². The Morgan fingerprint density at radius 1 is 1.33 bits per heavy atom. The van der Waals surface area contributed by atoms with Crippen LogP contribution in [0.3, 0.4) is 0 Å². The molecule has 5 heteroatoms. The van der Waals surface area contributed by atoms with E-state index in [1.165, 1.54) is 4.90 Å². The highest BCUT2D eigenvalue weighted by Gasteiger charge is 2.36. The summed E-state index contributed by atoms with van der Waals surface area (Å²) < 4.78 is 0. The first-order valence-corrected chi connectivity index (χ1v) is 7.22. The zero-order valence-electron chi connectivity index (χ0n) is 12.5. The molecule has 1 fully saturated rings. The number of hydrogen-bond acceptors (Lipinski definition) is 4. The van der Waals surface area contributed by atoms with Crippen LogP contribution in [-0.2, 0) is 16.1 Å². The largest absolute Gasteiger partial charge is 0.390 e. The maximum atomic E-state index is 11.8. The van der Waals surface area contributed by atoms with Gasteiger partial charge in [0.15, 0.2) is 0 Å². The Labute approximate surface area is 125 Å². The number of hydrogen-bond donors (Lipinski definition) is 1. The summed E-state index contributed by atoms with van der Waals surface area (Å²) in [4.78, 5) is 26.7. The van der Waals surface area contributed by atoms with Crippen molar-refractivity contribution in [2.24, 2.45) is 5.92 Å². The van der Waals surface area contributed by atoms with Gasteiger partial charge in [0.2, 0.25) is 11.8 Å². The summed E-state index contributed by atoms with van der Waals surface area (Å²) in [6.45, 7) is 2.96. The molecule has 0 saturated carbocycles. The molecule has 0 bridgehead atoms. The van der Waals surface area contributed by atoms with Crippen LogP contribution in [0.15, 0.2) is 30.3 Å². The van der Waals surface area contributed by atoms with Gasteiger partial charge in [-0.25, -0.2) is 0 Å². The van der Waals surface area contributed by atoms with Crippen LogP contribution in [-0.4, -0.2) is 53.0 Å². The van der Waals surface area contributed by atoms with Crippen molar-refractivity contribution in [3.8, 4) is 0 Å². The van der Waals surface area contributed by atoms with Crippen molar-refractivity contribution in [1.82, 2.24) is 9.80 Å². The van der Waals surface area contributed by atoms with E-state index in [0.29, 0.717) is 6.54 Å². The van der Waals surface area contributed by atoms with Gasteiger partial charge < -0.3 is 5.11 Å². The molecule has 2 rings (SSSR count). The van der Waals surface area contributed by atoms with Gasteiger partial charge in [0.1, 0.15) is 0 Å². The Balaban J connectivity index is 1.83. The van der Waals surface area contributed by atoms with Crippen LogP contribution in [0, 0.1) is 5.92 Å². The van der Waals surface area contributed by atoms with Crippen molar-refractivity contribution in [3.05, 3.63) is 35.9 Å². The first-order valence-electron chi connectivity index (χ1n) is 7.22. The number of likely N-dealkylation sites (N-methyl/N-ethyl adjacent to an activating group) is 1. The Hall–Kier alpha value is -1.72. The first kappa shape index (κ1) is 15.7. The van der Waals surface area contributed by atoms with Crippen molar-refractivity contribution >= 4 is 11.8 Å². The minimum atomic E-state index is -0.725. The average Bonchev–Trinajstić information content (AvgIpc) is 2.66. The fraction of sp³-hybridized carbons (Fsp3) is 0.500. The number of β-amino-alcohol motifs (C(OH)–C–C–N with tert-alkyl or cyclic N) is 1. The quantitative estimate of drug-likeness (QED) is 0.790. The second-order valence-corrected chi connectivity index (χ2v) is 5.78. The van der Waals surface area contributed by atoms with Gasteiger partial charge in [-0.15, -0.1) is 0 Å². The van der Waals surface area contributed by atoms with Crippen LogP contribution in [0.5, 0.6) is 0 Å². The Bertz CT molecular complexity index is 504. The van der Waals surface area contributed by atoms with Crippen LogP contribution in [0.1, 0.15) is 18.9 Å². The molecule has 0 aromatic heterocycles. The molecule has 5 nitrogen and oxygen atoms in total. The number of amides is 2. The normalized spacial score (nSPS) is 20.4. The average molecular weight is 290 g/mol. The highest BCUT2D eigenvalue weighted by molar-refractivity contribution is 6.03. The fourth-order valence-electron chi connectivity index (χ4n) is 2.63. The smallest absolute Gasteiger partial charge is 0.232 e. The van der Waals surface area contributed by atoms with E-state index in [1.807, 2.05) is 42.3 Å². The lowest BCUT2D eigenvalue weighted by molar-refractivity contribution is -0.141. The molecule has 1 aliphatic heterocycles. The van der Waals surface area contributed by atoms with Gasteiger partial charge in [0.05, 0.1) is 12.6 Å². The van der Waals surface area contributed by atoms with Crippen LogP contribution in [0.2, 0.25) is 0 Å². The molecule has 1 N–H and O–H groups in total. The maximum absolute atomic E-state index is 11.8. The van der Waals surface area contributed by atoms with Crippen LogP contribution in [0.25, 0.3) is 0 Å². The molecular formula is C16H22N2O3. The number of aliphatic hydroxyl groups excluding tert-OH is 1. The van der Waals surface area contributed by atoms with Crippen molar-refractivity contribution in [1.29, 1.82) is 0 Å². The molecule has 114 valence electrons. The van der Waals surface area contributed by atoms with Crippen LogP contribution in [0.4, 0.5) is 0 Å². The van der Waals surface area contributed by atoms with Crippen molar-refractivity contribution in [3.63, 3.8) is 0 Å². The molecule has 1 aromatic rings. The summed E-state index contributed by atoms with van der Waals surface area (Å²) >= 11 is 0. The zero-order chi connectivity index (χ0) is 15.4. The number of carbonyl (C=O) groups excluding carboxylic acids is 2. The van der Waals surface area contributed by atoms with E-state index < -0.39 is 6.10 Å². The van der Waals surface area contributed by atoms with Crippen molar-refractivity contribution < 1.29 is 14.7 Å². The SMILES string of the molecule is C[C@@H]1CC(=O)N(C[C@H](O)CN(C)Cc2ccccc2)C1=O. The maximum Gasteiger partial charge on any atom is 0.232 e. The molecule has 2 amide bonds. The minimum Gasteiger partial charge on any atom is -0.390 e. The Kier molecular flexibility index (Phi) is 5.09. The third-order valence-corrected chi connectivity index (χ3v) is 3.68. The summed E-state index contributed by atoms with van der Waals surface area (Å²) in [6, 6.07) is 9.96. The number of nitrogens with zero attached hydrogens (tertiary/aromatic N) is 2. The molecule has 0 aliphatic carbocycles. The van der Waals surface area contributed by atoms with E-state index in [-0.39, 0.29) is 30.7 Å². The fourth-order valence-corrected chi connectivity index (χ4v) is 2.63. The molecular weight excluding hydrogens is 268 g/mol. The van der Waals surface area contributed by atoms with E-state index in [2.05, 4.69) is 0 Å². The predicted octanol–water partition coefficient (Wildman–Crippen LogP) is 0.874. The predicted molar refractivity (Wildman–Crippen MR) is 79.3 cm³/mol. The number of benzene rings is 1. The summed E-state index contributed by atoms with van der Waals surface area (Å²) in [5.41, 5.74) is 1.16. The van der Waals surface area contributed by atoms with Gasteiger partial charge >= 0.3 is 0 Å². The lowest BCUT2D eigenvalue weighted by Gasteiger charge is -2.23. The molecule has 0 radical (unpaired) electrons. The summed E-state index contributed by atoms with van der Waals surface area (Å²) in [6.07, 6.45) is -0.470. The molecule has 0 unspecified atom stereocenters. The molecule has 1 aromatic carbocycles. The van der Waals surface area contributed by atoms with Gasteiger partial charge in [0.25, 0.3) is 0 Å².